The summed E-state index contributed by atoms with van der Waals surface area (Å²) in [4.78, 5) is 0. The molecule has 0 unspecified atom stereocenters. The third-order valence-corrected chi connectivity index (χ3v) is 11.6. The van der Waals surface area contributed by atoms with Gasteiger partial charge >= 0.3 is 0 Å². The van der Waals surface area contributed by atoms with E-state index in [2.05, 4.69) is 191 Å². The van der Waals surface area contributed by atoms with Gasteiger partial charge in [-0.15, -0.1) is 0 Å². The summed E-state index contributed by atoms with van der Waals surface area (Å²) < 4.78 is 11.6. The molecular formula is C49H30N2O. The van der Waals surface area contributed by atoms with Crippen LogP contribution in [-0.4, -0.2) is 9.13 Å². The Bertz CT molecular complexity index is 3060. The van der Waals surface area contributed by atoms with Crippen LogP contribution in [0.2, 0.25) is 0 Å². The van der Waals surface area contributed by atoms with E-state index >= 15 is 0 Å². The highest BCUT2D eigenvalue weighted by molar-refractivity contribution is 6.19. The Morgan fingerprint density at radius 1 is 0.385 bits per heavy atom. The maximum Gasteiger partial charge on any atom is 0.132 e. The van der Waals surface area contributed by atoms with Gasteiger partial charge in [0.15, 0.2) is 0 Å². The van der Waals surface area contributed by atoms with Crippen LogP contribution in [0.4, 0.5) is 0 Å². The molecule has 52 heavy (non-hydrogen) atoms. The van der Waals surface area contributed by atoms with Crippen molar-refractivity contribution in [2.24, 2.45) is 0 Å². The Morgan fingerprint density at radius 2 is 0.981 bits per heavy atom. The molecule has 0 bridgehead atoms. The lowest BCUT2D eigenvalue weighted by atomic mass is 9.66. The minimum atomic E-state index is -0.540. The number of fused-ring (bicyclic) bond motifs is 16. The van der Waals surface area contributed by atoms with E-state index in [9.17, 15) is 0 Å². The quantitative estimate of drug-likeness (QED) is 0.180. The van der Waals surface area contributed by atoms with Gasteiger partial charge < -0.3 is 13.9 Å². The molecule has 2 aromatic heterocycles. The van der Waals surface area contributed by atoms with E-state index in [1.54, 1.807) is 0 Å². The SMILES string of the molecule is c1ccc(-n2c3ccccc3c3c(-n4c5ccccc5c5ccc6c(c54)-c4ccccc4C64c5ccccc5Oc5ccccc54)cccc32)cc1. The van der Waals surface area contributed by atoms with Gasteiger partial charge in [0.2, 0.25) is 0 Å². The van der Waals surface area contributed by atoms with Gasteiger partial charge in [-0.05, 0) is 65.2 Å². The van der Waals surface area contributed by atoms with E-state index in [1.165, 1.54) is 82.7 Å². The van der Waals surface area contributed by atoms with Crippen molar-refractivity contribution >= 4 is 43.6 Å². The standard InChI is InChI=1S/C49H30N2O/c1-2-15-31(16-3-1)50-41-24-11-6-19-35(41)47-42(50)25-14-26-43(47)51-40-23-10-5-17-32(40)33-29-30-39-46(48(33)51)34-18-4-7-20-36(34)49(39)37-21-8-12-27-44(37)52-45-28-13-9-22-38(45)49/h1-30H. The maximum absolute atomic E-state index is 6.64. The predicted octanol–water partition coefficient (Wildman–Crippen LogP) is 12.3. The Morgan fingerprint density at radius 3 is 1.75 bits per heavy atom. The zero-order valence-electron chi connectivity index (χ0n) is 28.1. The number of hydrogen-bond acceptors (Lipinski definition) is 1. The fraction of sp³-hybridized carbons (Fsp3) is 0.0204. The van der Waals surface area contributed by atoms with Gasteiger partial charge in [-0.3, -0.25) is 0 Å². The van der Waals surface area contributed by atoms with Crippen molar-refractivity contribution in [1.82, 2.24) is 9.13 Å². The second-order valence-corrected chi connectivity index (χ2v) is 14.0. The highest BCUT2D eigenvalue weighted by Crippen LogP contribution is 2.63. The average molecular weight is 663 g/mol. The molecule has 2 aliphatic rings. The second kappa shape index (κ2) is 10.1. The number of benzene rings is 8. The van der Waals surface area contributed by atoms with Gasteiger partial charge in [0.25, 0.3) is 0 Å². The molecule has 0 saturated carbocycles. The van der Waals surface area contributed by atoms with Gasteiger partial charge in [-0.1, -0.05) is 133 Å². The number of aromatic nitrogens is 2. The Kier molecular flexibility index (Phi) is 5.43. The van der Waals surface area contributed by atoms with Crippen molar-refractivity contribution in [1.29, 1.82) is 0 Å². The number of ether oxygens (including phenoxy) is 1. The van der Waals surface area contributed by atoms with Crippen LogP contribution in [0.15, 0.2) is 182 Å². The van der Waals surface area contributed by atoms with Crippen molar-refractivity contribution in [3.63, 3.8) is 0 Å². The minimum absolute atomic E-state index is 0.540. The normalized spacial score (nSPS) is 13.7. The largest absolute Gasteiger partial charge is 0.457 e. The summed E-state index contributed by atoms with van der Waals surface area (Å²) in [6.07, 6.45) is 0. The van der Waals surface area contributed by atoms with E-state index < -0.39 is 5.41 Å². The molecule has 12 rings (SSSR count). The van der Waals surface area contributed by atoms with Gasteiger partial charge in [0.05, 0.1) is 33.2 Å². The maximum atomic E-state index is 6.64. The smallest absolute Gasteiger partial charge is 0.132 e. The molecule has 3 heteroatoms. The number of nitrogens with zero attached hydrogens (tertiary/aromatic N) is 2. The molecule has 0 saturated heterocycles. The van der Waals surface area contributed by atoms with Crippen molar-refractivity contribution in [3.05, 3.63) is 204 Å². The van der Waals surface area contributed by atoms with E-state index in [4.69, 9.17) is 4.74 Å². The van der Waals surface area contributed by atoms with Crippen molar-refractivity contribution in [2.45, 2.75) is 5.41 Å². The summed E-state index contributed by atoms with van der Waals surface area (Å²) in [5, 5.41) is 4.97. The van der Waals surface area contributed by atoms with Crippen LogP contribution >= 0.6 is 0 Å². The van der Waals surface area contributed by atoms with Crippen LogP contribution in [-0.2, 0) is 5.41 Å². The monoisotopic (exact) mass is 662 g/mol. The molecule has 1 spiro atoms. The molecule has 0 radical (unpaired) electrons. The topological polar surface area (TPSA) is 19.1 Å². The van der Waals surface area contributed by atoms with Crippen LogP contribution in [0.3, 0.4) is 0 Å². The molecule has 0 amide bonds. The van der Waals surface area contributed by atoms with Crippen LogP contribution in [0.1, 0.15) is 22.3 Å². The van der Waals surface area contributed by atoms with E-state index in [0.717, 1.165) is 17.2 Å². The highest BCUT2D eigenvalue weighted by Gasteiger charge is 2.51. The second-order valence-electron chi connectivity index (χ2n) is 14.0. The first-order chi connectivity index (χ1) is 25.8. The van der Waals surface area contributed by atoms with Crippen molar-refractivity contribution in [2.75, 3.05) is 0 Å². The van der Waals surface area contributed by atoms with E-state index in [0.29, 0.717) is 0 Å². The molecule has 1 aliphatic carbocycles. The molecule has 1 aliphatic heterocycles. The lowest BCUT2D eigenvalue weighted by molar-refractivity contribution is 0.436. The van der Waals surface area contributed by atoms with Gasteiger partial charge in [-0.25, -0.2) is 0 Å². The first kappa shape index (κ1) is 27.9. The predicted molar refractivity (Wildman–Crippen MR) is 212 cm³/mol. The zero-order valence-corrected chi connectivity index (χ0v) is 28.1. The summed E-state index contributed by atoms with van der Waals surface area (Å²) in [6, 6.07) is 66.3. The fourth-order valence-electron chi connectivity index (χ4n) is 9.68. The van der Waals surface area contributed by atoms with Gasteiger partial charge in [0.1, 0.15) is 11.5 Å². The molecule has 0 atom stereocenters. The molecule has 8 aromatic carbocycles. The van der Waals surface area contributed by atoms with Crippen LogP contribution in [0.25, 0.3) is 66.1 Å². The molecule has 0 N–H and O–H groups in total. The average Bonchev–Trinajstić information content (AvgIpc) is 3.83. The van der Waals surface area contributed by atoms with Gasteiger partial charge in [0, 0.05) is 43.9 Å². The summed E-state index contributed by atoms with van der Waals surface area (Å²) >= 11 is 0. The Hall–Kier alpha value is -6.84. The first-order valence-electron chi connectivity index (χ1n) is 18.0. The molecule has 3 heterocycles. The molecule has 242 valence electrons. The number of para-hydroxylation sites is 5. The van der Waals surface area contributed by atoms with Crippen LogP contribution < -0.4 is 4.74 Å². The zero-order chi connectivity index (χ0) is 34.0. The van der Waals surface area contributed by atoms with Crippen molar-refractivity contribution in [3.8, 4) is 34.0 Å². The van der Waals surface area contributed by atoms with Crippen LogP contribution in [0.5, 0.6) is 11.5 Å². The van der Waals surface area contributed by atoms with Crippen LogP contribution in [0, 0.1) is 0 Å². The first-order valence-corrected chi connectivity index (χ1v) is 18.0. The molecule has 0 fully saturated rings. The Balaban J connectivity index is 1.28. The summed E-state index contributed by atoms with van der Waals surface area (Å²) in [5.74, 6) is 1.81. The molecular weight excluding hydrogens is 633 g/mol. The third kappa shape index (κ3) is 3.36. The number of rotatable bonds is 2. The van der Waals surface area contributed by atoms with Gasteiger partial charge in [-0.2, -0.15) is 0 Å². The summed E-state index contributed by atoms with van der Waals surface area (Å²) in [6.45, 7) is 0. The molecule has 3 nitrogen and oxygen atoms in total. The lowest BCUT2D eigenvalue weighted by Crippen LogP contribution is -2.32. The van der Waals surface area contributed by atoms with E-state index in [1.807, 2.05) is 0 Å². The third-order valence-electron chi connectivity index (χ3n) is 11.6. The minimum Gasteiger partial charge on any atom is -0.457 e. The van der Waals surface area contributed by atoms with Crippen molar-refractivity contribution < 1.29 is 4.74 Å². The Labute approximate surface area is 300 Å². The lowest BCUT2D eigenvalue weighted by Gasteiger charge is -2.39. The summed E-state index contributed by atoms with van der Waals surface area (Å²) in [7, 11) is 0. The summed E-state index contributed by atoms with van der Waals surface area (Å²) in [5.41, 5.74) is 14.1. The number of hydrogen-bond donors (Lipinski definition) is 0. The fourth-order valence-corrected chi connectivity index (χ4v) is 9.68. The highest BCUT2D eigenvalue weighted by atomic mass is 16.5. The van der Waals surface area contributed by atoms with E-state index in [-0.39, 0.29) is 0 Å². The molecule has 10 aromatic rings.